The largest absolute Gasteiger partial charge is 0.374 e. The summed E-state index contributed by atoms with van der Waals surface area (Å²) in [7, 11) is 0. The molecule has 2 N–H and O–H groups in total. The number of rotatable bonds is 3. The van der Waals surface area contributed by atoms with Gasteiger partial charge in [0.1, 0.15) is 0 Å². The maximum absolute atomic E-state index is 5.72. The molecule has 19 heavy (non-hydrogen) atoms. The van der Waals surface area contributed by atoms with Crippen LogP contribution in [0.2, 0.25) is 0 Å². The van der Waals surface area contributed by atoms with Gasteiger partial charge >= 0.3 is 0 Å². The molecule has 4 heteroatoms. The first-order chi connectivity index (χ1) is 9.28. The van der Waals surface area contributed by atoms with Gasteiger partial charge in [0, 0.05) is 35.3 Å². The highest BCUT2D eigenvalue weighted by molar-refractivity contribution is 7.19. The van der Waals surface area contributed by atoms with Crippen molar-refractivity contribution in [2.24, 2.45) is 5.73 Å². The number of nitrogens with zero attached hydrogens (tertiary/aromatic N) is 1. The van der Waals surface area contributed by atoms with E-state index >= 15 is 0 Å². The highest BCUT2D eigenvalue weighted by Crippen LogP contribution is 2.33. The van der Waals surface area contributed by atoms with E-state index in [-0.39, 0.29) is 6.10 Å². The lowest BCUT2D eigenvalue weighted by molar-refractivity contribution is -0.0359. The zero-order valence-corrected chi connectivity index (χ0v) is 12.0. The number of thiophene rings is 1. The van der Waals surface area contributed by atoms with Gasteiger partial charge in [0.2, 0.25) is 0 Å². The van der Waals surface area contributed by atoms with Gasteiger partial charge in [0.05, 0.1) is 12.7 Å². The normalized spacial score (nSPS) is 22.7. The van der Waals surface area contributed by atoms with Crippen LogP contribution in [0.5, 0.6) is 0 Å². The van der Waals surface area contributed by atoms with Gasteiger partial charge in [-0.2, -0.15) is 0 Å². The van der Waals surface area contributed by atoms with Crippen LogP contribution in [0.3, 0.4) is 0 Å². The number of ether oxygens (including phenoxy) is 1. The Hall–Kier alpha value is -0.940. The smallest absolute Gasteiger partial charge is 0.0824 e. The van der Waals surface area contributed by atoms with Crippen molar-refractivity contribution in [3.05, 3.63) is 35.2 Å². The molecule has 2 atom stereocenters. The molecular formula is C15H20N2OS. The van der Waals surface area contributed by atoms with Crippen molar-refractivity contribution in [1.82, 2.24) is 4.90 Å². The number of nitrogens with two attached hydrogens (primary N) is 1. The number of morpholine rings is 1. The molecule has 3 nitrogen and oxygen atoms in total. The lowest BCUT2D eigenvalue weighted by Gasteiger charge is -2.36. The Morgan fingerprint density at radius 1 is 1.47 bits per heavy atom. The molecule has 0 bridgehead atoms. The molecule has 0 amide bonds. The first-order valence-corrected chi connectivity index (χ1v) is 7.64. The summed E-state index contributed by atoms with van der Waals surface area (Å²) >= 11 is 1.89. The Labute approximate surface area is 118 Å². The first-order valence-electron chi connectivity index (χ1n) is 6.82. The van der Waals surface area contributed by atoms with E-state index in [1.54, 1.807) is 0 Å². The van der Waals surface area contributed by atoms with Crippen LogP contribution in [0.15, 0.2) is 30.3 Å². The monoisotopic (exact) mass is 276 g/mol. The number of fused-ring (bicyclic) bond motifs is 1. The summed E-state index contributed by atoms with van der Waals surface area (Å²) in [6, 6.07) is 11.3. The van der Waals surface area contributed by atoms with Gasteiger partial charge in [0.15, 0.2) is 0 Å². The molecule has 2 aromatic rings. The molecule has 1 aliphatic heterocycles. The van der Waals surface area contributed by atoms with Gasteiger partial charge in [-0.15, -0.1) is 11.3 Å². The zero-order chi connectivity index (χ0) is 13.2. The third-order valence-electron chi connectivity index (χ3n) is 3.84. The van der Waals surface area contributed by atoms with E-state index in [0.29, 0.717) is 12.6 Å². The molecule has 0 aliphatic carbocycles. The van der Waals surface area contributed by atoms with Crippen LogP contribution in [0.25, 0.3) is 10.1 Å². The van der Waals surface area contributed by atoms with E-state index in [0.717, 1.165) is 19.7 Å². The Balaban J connectivity index is 1.80. The SMILES string of the molecule is CC(c1cc2ccccc2s1)N1CCOC(CN)C1. The highest BCUT2D eigenvalue weighted by atomic mass is 32.1. The molecule has 1 fully saturated rings. The van der Waals surface area contributed by atoms with Crippen LogP contribution >= 0.6 is 11.3 Å². The quantitative estimate of drug-likeness (QED) is 0.936. The van der Waals surface area contributed by atoms with Crippen molar-refractivity contribution in [1.29, 1.82) is 0 Å². The minimum atomic E-state index is 0.186. The van der Waals surface area contributed by atoms with Crippen LogP contribution < -0.4 is 5.73 Å². The molecule has 1 aromatic heterocycles. The Kier molecular flexibility index (Phi) is 3.84. The van der Waals surface area contributed by atoms with Crippen molar-refractivity contribution < 1.29 is 4.74 Å². The van der Waals surface area contributed by atoms with E-state index in [9.17, 15) is 0 Å². The Bertz CT molecular complexity index is 521. The third kappa shape index (κ3) is 2.67. The number of benzene rings is 1. The zero-order valence-electron chi connectivity index (χ0n) is 11.2. The predicted octanol–water partition coefficient (Wildman–Crippen LogP) is 2.62. The fourth-order valence-corrected chi connectivity index (χ4v) is 3.78. The standard InChI is InChI=1S/C15H20N2OS/c1-11(17-6-7-18-13(9-16)10-17)15-8-12-4-2-3-5-14(12)19-15/h2-5,8,11,13H,6-7,9-10,16H2,1H3. The molecule has 2 heterocycles. The molecule has 3 rings (SSSR count). The summed E-state index contributed by atoms with van der Waals surface area (Å²) in [4.78, 5) is 3.91. The van der Waals surface area contributed by atoms with Gasteiger partial charge in [-0.1, -0.05) is 18.2 Å². The van der Waals surface area contributed by atoms with Crippen LogP contribution in [0, 0.1) is 0 Å². The summed E-state index contributed by atoms with van der Waals surface area (Å²) < 4.78 is 7.01. The minimum absolute atomic E-state index is 0.186. The Morgan fingerprint density at radius 2 is 2.32 bits per heavy atom. The van der Waals surface area contributed by atoms with Gasteiger partial charge in [-0.25, -0.2) is 0 Å². The second kappa shape index (κ2) is 5.59. The van der Waals surface area contributed by atoms with Gasteiger partial charge in [-0.05, 0) is 24.4 Å². The summed E-state index contributed by atoms with van der Waals surface area (Å²) in [5.41, 5.74) is 5.72. The average molecular weight is 276 g/mol. The molecule has 102 valence electrons. The first kappa shape index (κ1) is 13.1. The van der Waals surface area contributed by atoms with Gasteiger partial charge in [0.25, 0.3) is 0 Å². The lowest BCUT2D eigenvalue weighted by Crippen LogP contribution is -2.46. The molecule has 2 unspecified atom stereocenters. The summed E-state index contributed by atoms with van der Waals surface area (Å²) in [5.74, 6) is 0. The predicted molar refractivity (Wildman–Crippen MR) is 80.6 cm³/mol. The van der Waals surface area contributed by atoms with Crippen LogP contribution in [0.4, 0.5) is 0 Å². The van der Waals surface area contributed by atoms with Crippen molar-refractivity contribution in [3.63, 3.8) is 0 Å². The maximum Gasteiger partial charge on any atom is 0.0824 e. The van der Waals surface area contributed by atoms with E-state index in [1.807, 2.05) is 11.3 Å². The lowest BCUT2D eigenvalue weighted by atomic mass is 10.1. The van der Waals surface area contributed by atoms with E-state index in [2.05, 4.69) is 42.2 Å². The molecule has 1 saturated heterocycles. The van der Waals surface area contributed by atoms with Crippen LogP contribution in [-0.4, -0.2) is 37.2 Å². The third-order valence-corrected chi connectivity index (χ3v) is 5.12. The van der Waals surface area contributed by atoms with Gasteiger partial charge < -0.3 is 10.5 Å². The van der Waals surface area contributed by atoms with Crippen molar-refractivity contribution in [3.8, 4) is 0 Å². The second-order valence-corrected chi connectivity index (χ2v) is 6.20. The summed E-state index contributed by atoms with van der Waals surface area (Å²) in [6.45, 7) is 5.61. The topological polar surface area (TPSA) is 38.5 Å². The fourth-order valence-electron chi connectivity index (χ4n) is 2.62. The second-order valence-electron chi connectivity index (χ2n) is 5.09. The van der Waals surface area contributed by atoms with Crippen molar-refractivity contribution in [2.45, 2.75) is 19.1 Å². The van der Waals surface area contributed by atoms with E-state index in [1.165, 1.54) is 15.0 Å². The average Bonchev–Trinajstić information content (AvgIpc) is 2.90. The molecular weight excluding hydrogens is 256 g/mol. The molecule has 0 radical (unpaired) electrons. The molecule has 0 saturated carbocycles. The summed E-state index contributed by atoms with van der Waals surface area (Å²) in [6.07, 6.45) is 0.186. The fraction of sp³-hybridized carbons (Fsp3) is 0.467. The van der Waals surface area contributed by atoms with Crippen molar-refractivity contribution in [2.75, 3.05) is 26.2 Å². The number of hydrogen-bond acceptors (Lipinski definition) is 4. The summed E-state index contributed by atoms with van der Waals surface area (Å²) in [5, 5.41) is 1.35. The highest BCUT2D eigenvalue weighted by Gasteiger charge is 2.24. The molecule has 1 aliphatic rings. The van der Waals surface area contributed by atoms with Gasteiger partial charge in [-0.3, -0.25) is 4.90 Å². The molecule has 0 spiro atoms. The van der Waals surface area contributed by atoms with E-state index < -0.39 is 0 Å². The van der Waals surface area contributed by atoms with E-state index in [4.69, 9.17) is 10.5 Å². The number of hydrogen-bond donors (Lipinski definition) is 1. The molecule has 1 aromatic carbocycles. The minimum Gasteiger partial charge on any atom is -0.374 e. The van der Waals surface area contributed by atoms with Crippen LogP contribution in [0.1, 0.15) is 17.8 Å². The van der Waals surface area contributed by atoms with Crippen molar-refractivity contribution >= 4 is 21.4 Å². The van der Waals surface area contributed by atoms with Crippen LogP contribution in [-0.2, 0) is 4.74 Å². The Morgan fingerprint density at radius 3 is 3.11 bits per heavy atom. The maximum atomic E-state index is 5.72.